The van der Waals surface area contributed by atoms with E-state index >= 15 is 0 Å². The molecule has 2 aromatic rings. The topological polar surface area (TPSA) is 75.2 Å². The van der Waals surface area contributed by atoms with E-state index in [1.165, 1.54) is 18.0 Å². The van der Waals surface area contributed by atoms with Gasteiger partial charge in [0.25, 0.3) is 5.91 Å². The largest absolute Gasteiger partial charge is 0.341 e. The highest BCUT2D eigenvalue weighted by atomic mass is 35.5. The lowest BCUT2D eigenvalue weighted by Crippen LogP contribution is -2.49. The van der Waals surface area contributed by atoms with Crippen LogP contribution in [-0.4, -0.2) is 52.1 Å². The quantitative estimate of drug-likeness (QED) is 0.591. The van der Waals surface area contributed by atoms with Crippen molar-refractivity contribution < 1.29 is 9.59 Å². The average molecular weight is 405 g/mol. The van der Waals surface area contributed by atoms with Crippen LogP contribution in [0.4, 0.5) is 0 Å². The number of amides is 2. The summed E-state index contributed by atoms with van der Waals surface area (Å²) >= 11 is 7.43. The number of aromatic nitrogens is 2. The first-order valence-electron chi connectivity index (χ1n) is 8.78. The third-order valence-corrected chi connectivity index (χ3v) is 5.26. The first-order valence-corrected chi connectivity index (χ1v) is 10.4. The van der Waals surface area contributed by atoms with Gasteiger partial charge in [0.05, 0.1) is 11.2 Å². The molecule has 1 aromatic carbocycles. The predicted octanol–water partition coefficient (Wildman–Crippen LogP) is 2.82. The van der Waals surface area contributed by atoms with Crippen LogP contribution in [0.25, 0.3) is 0 Å². The van der Waals surface area contributed by atoms with Gasteiger partial charge in [-0.05, 0) is 24.7 Å². The summed E-state index contributed by atoms with van der Waals surface area (Å²) in [6.07, 6.45) is 5.63. The van der Waals surface area contributed by atoms with Crippen LogP contribution < -0.4 is 5.32 Å². The molecule has 1 aliphatic rings. The van der Waals surface area contributed by atoms with E-state index < -0.39 is 11.9 Å². The predicted molar refractivity (Wildman–Crippen MR) is 106 cm³/mol. The normalized spacial score (nSPS) is 14.8. The Bertz CT molecular complexity index is 813. The summed E-state index contributed by atoms with van der Waals surface area (Å²) in [5.74, 6) is -0.536. The van der Waals surface area contributed by atoms with Gasteiger partial charge in [0.1, 0.15) is 6.04 Å². The second-order valence-electron chi connectivity index (χ2n) is 6.30. The zero-order valence-corrected chi connectivity index (χ0v) is 16.6. The van der Waals surface area contributed by atoms with E-state index in [2.05, 4.69) is 15.3 Å². The molecule has 1 fully saturated rings. The first-order chi connectivity index (χ1) is 13.1. The Morgan fingerprint density at radius 3 is 2.63 bits per heavy atom. The van der Waals surface area contributed by atoms with Gasteiger partial charge in [-0.15, -0.1) is 0 Å². The van der Waals surface area contributed by atoms with Crippen LogP contribution >= 0.6 is 23.4 Å². The lowest BCUT2D eigenvalue weighted by molar-refractivity contribution is -0.132. The van der Waals surface area contributed by atoms with Gasteiger partial charge in [-0.25, -0.2) is 9.97 Å². The Kier molecular flexibility index (Phi) is 6.68. The van der Waals surface area contributed by atoms with Crippen LogP contribution in [0.3, 0.4) is 0 Å². The molecule has 1 atom stereocenters. The number of nitrogens with one attached hydrogen (secondary N) is 1. The third kappa shape index (κ3) is 4.99. The molecule has 2 heterocycles. The van der Waals surface area contributed by atoms with E-state index in [4.69, 9.17) is 11.6 Å². The van der Waals surface area contributed by atoms with Gasteiger partial charge in [0, 0.05) is 19.5 Å². The molecule has 3 rings (SSSR count). The van der Waals surface area contributed by atoms with Gasteiger partial charge in [0.15, 0.2) is 10.9 Å². The smallest absolute Gasteiger partial charge is 0.272 e. The molecule has 0 unspecified atom stereocenters. The number of likely N-dealkylation sites (tertiary alicyclic amines) is 1. The maximum absolute atomic E-state index is 13.0. The average Bonchev–Trinajstić information content (AvgIpc) is 3.23. The highest BCUT2D eigenvalue weighted by Gasteiger charge is 2.29. The molecule has 8 heteroatoms. The van der Waals surface area contributed by atoms with Crippen LogP contribution in [0, 0.1) is 0 Å². The van der Waals surface area contributed by atoms with Crippen LogP contribution in [0.2, 0.25) is 5.02 Å². The SMILES string of the molecule is CSc1ncc(Cl)c(C(=O)N[C@@H](Cc2ccccc2)C(=O)N2CCCC2)n1. The van der Waals surface area contributed by atoms with Crippen LogP contribution in [0.15, 0.2) is 41.7 Å². The minimum absolute atomic E-state index is 0.0695. The van der Waals surface area contributed by atoms with Crippen molar-refractivity contribution in [2.45, 2.75) is 30.5 Å². The van der Waals surface area contributed by atoms with Crippen molar-refractivity contribution in [2.24, 2.45) is 0 Å². The van der Waals surface area contributed by atoms with Gasteiger partial charge in [0.2, 0.25) is 5.91 Å². The van der Waals surface area contributed by atoms with E-state index in [1.54, 1.807) is 0 Å². The van der Waals surface area contributed by atoms with Crippen molar-refractivity contribution in [3.05, 3.63) is 52.8 Å². The summed E-state index contributed by atoms with van der Waals surface area (Å²) in [5, 5.41) is 3.45. The number of carbonyl (C=O) groups is 2. The fraction of sp³-hybridized carbons (Fsp3) is 0.368. The summed E-state index contributed by atoms with van der Waals surface area (Å²) in [6.45, 7) is 1.45. The molecule has 0 spiro atoms. The van der Waals surface area contributed by atoms with Crippen LogP contribution in [0.1, 0.15) is 28.9 Å². The molecular formula is C19H21ClN4O2S. The molecule has 6 nitrogen and oxygen atoms in total. The summed E-state index contributed by atoms with van der Waals surface area (Å²) in [7, 11) is 0. The summed E-state index contributed by atoms with van der Waals surface area (Å²) in [5.41, 5.74) is 1.07. The molecule has 1 N–H and O–H groups in total. The van der Waals surface area contributed by atoms with Crippen molar-refractivity contribution in [3.63, 3.8) is 0 Å². The van der Waals surface area contributed by atoms with Crippen molar-refractivity contribution in [1.82, 2.24) is 20.2 Å². The van der Waals surface area contributed by atoms with E-state index in [0.717, 1.165) is 31.5 Å². The Hall–Kier alpha value is -2.12. The Labute approximate surface area is 167 Å². The van der Waals surface area contributed by atoms with Gasteiger partial charge in [-0.3, -0.25) is 9.59 Å². The van der Waals surface area contributed by atoms with Crippen LogP contribution in [-0.2, 0) is 11.2 Å². The van der Waals surface area contributed by atoms with Crippen molar-refractivity contribution in [1.29, 1.82) is 0 Å². The molecule has 2 amide bonds. The van der Waals surface area contributed by atoms with Crippen molar-refractivity contribution in [2.75, 3.05) is 19.3 Å². The van der Waals surface area contributed by atoms with E-state index in [0.29, 0.717) is 11.6 Å². The third-order valence-electron chi connectivity index (χ3n) is 4.42. The van der Waals surface area contributed by atoms with Crippen LogP contribution in [0.5, 0.6) is 0 Å². The van der Waals surface area contributed by atoms with Gasteiger partial charge < -0.3 is 10.2 Å². The van der Waals surface area contributed by atoms with E-state index in [-0.39, 0.29) is 16.6 Å². The fourth-order valence-electron chi connectivity index (χ4n) is 3.04. The fourth-order valence-corrected chi connectivity index (χ4v) is 3.56. The molecule has 142 valence electrons. The molecule has 27 heavy (non-hydrogen) atoms. The molecule has 0 aliphatic carbocycles. The Morgan fingerprint density at radius 2 is 1.96 bits per heavy atom. The highest BCUT2D eigenvalue weighted by molar-refractivity contribution is 7.98. The molecule has 1 aromatic heterocycles. The maximum Gasteiger partial charge on any atom is 0.272 e. The molecule has 1 aliphatic heterocycles. The lowest BCUT2D eigenvalue weighted by atomic mass is 10.0. The van der Waals surface area contributed by atoms with Crippen molar-refractivity contribution in [3.8, 4) is 0 Å². The number of halogens is 1. The maximum atomic E-state index is 13.0. The summed E-state index contributed by atoms with van der Waals surface area (Å²) < 4.78 is 0. The molecule has 0 bridgehead atoms. The Morgan fingerprint density at radius 1 is 1.26 bits per heavy atom. The summed E-state index contributed by atoms with van der Waals surface area (Å²) in [4.78, 5) is 35.8. The monoisotopic (exact) mass is 404 g/mol. The minimum atomic E-state index is -0.665. The number of hydrogen-bond donors (Lipinski definition) is 1. The molecule has 0 saturated carbocycles. The zero-order chi connectivity index (χ0) is 19.2. The lowest BCUT2D eigenvalue weighted by Gasteiger charge is -2.24. The van der Waals surface area contributed by atoms with Gasteiger partial charge >= 0.3 is 0 Å². The summed E-state index contributed by atoms with van der Waals surface area (Å²) in [6, 6.07) is 8.98. The second kappa shape index (κ2) is 9.19. The number of benzene rings is 1. The molecule has 1 saturated heterocycles. The number of rotatable bonds is 6. The van der Waals surface area contributed by atoms with Crippen molar-refractivity contribution >= 4 is 35.2 Å². The van der Waals surface area contributed by atoms with Gasteiger partial charge in [-0.2, -0.15) is 0 Å². The zero-order valence-electron chi connectivity index (χ0n) is 15.0. The molecule has 0 radical (unpaired) electrons. The Balaban J connectivity index is 1.81. The van der Waals surface area contributed by atoms with E-state index in [9.17, 15) is 9.59 Å². The van der Waals surface area contributed by atoms with Gasteiger partial charge in [-0.1, -0.05) is 53.7 Å². The number of thioether (sulfide) groups is 1. The second-order valence-corrected chi connectivity index (χ2v) is 7.48. The number of carbonyl (C=O) groups excluding carboxylic acids is 2. The standard InChI is InChI=1S/C19H21ClN4O2S/c1-27-19-21-12-14(20)16(23-19)17(25)22-15(11-13-7-3-2-4-8-13)18(26)24-9-5-6-10-24/h2-4,7-8,12,15H,5-6,9-11H2,1H3,(H,22,25)/t15-/m0/s1. The minimum Gasteiger partial charge on any atom is -0.341 e. The highest BCUT2D eigenvalue weighted by Crippen LogP contribution is 2.18. The first kappa shape index (κ1) is 19.6. The number of hydrogen-bond acceptors (Lipinski definition) is 5. The van der Waals surface area contributed by atoms with E-state index in [1.807, 2.05) is 41.5 Å². The molecular weight excluding hydrogens is 384 g/mol. The number of nitrogens with zero attached hydrogens (tertiary/aromatic N) is 3.